The molecule has 32 heavy (non-hydrogen) atoms. The van der Waals surface area contributed by atoms with E-state index < -0.39 is 0 Å². The first-order valence-corrected chi connectivity index (χ1v) is 11.9. The normalized spacial score (nSPS) is 15.0. The van der Waals surface area contributed by atoms with Gasteiger partial charge in [0.1, 0.15) is 5.76 Å². The number of rotatable bonds is 8. The fraction of sp³-hybridized carbons (Fsp3) is 0.333. The van der Waals surface area contributed by atoms with Gasteiger partial charge in [-0.05, 0) is 44.1 Å². The number of hydrazone groups is 1. The predicted molar refractivity (Wildman–Crippen MR) is 127 cm³/mol. The maximum absolute atomic E-state index is 12.3. The summed E-state index contributed by atoms with van der Waals surface area (Å²) >= 11 is 1.40. The zero-order valence-electron chi connectivity index (χ0n) is 18.1. The molecule has 2 aromatic heterocycles. The minimum atomic E-state index is -0.187. The van der Waals surface area contributed by atoms with Crippen LogP contribution in [0.1, 0.15) is 49.5 Å². The summed E-state index contributed by atoms with van der Waals surface area (Å²) in [6.07, 6.45) is 12.5. The Morgan fingerprint density at radius 2 is 2.03 bits per heavy atom. The van der Waals surface area contributed by atoms with Crippen LogP contribution in [0.5, 0.6) is 0 Å². The summed E-state index contributed by atoms with van der Waals surface area (Å²) in [6.45, 7) is 2.07. The third-order valence-corrected chi connectivity index (χ3v) is 6.34. The number of amides is 1. The van der Waals surface area contributed by atoms with E-state index in [2.05, 4.69) is 56.5 Å². The van der Waals surface area contributed by atoms with Crippen LogP contribution < -0.4 is 5.43 Å². The SMILES string of the molecule is Cc1ccc(-c2nnc(SCC(=O)NN=CC=Cc3ccco3)n2C2CCCCC2)cc1. The summed E-state index contributed by atoms with van der Waals surface area (Å²) in [5, 5.41) is 13.7. The minimum Gasteiger partial charge on any atom is -0.465 e. The number of aromatic nitrogens is 3. The highest BCUT2D eigenvalue weighted by atomic mass is 32.2. The van der Waals surface area contributed by atoms with Crippen LogP contribution in [0.4, 0.5) is 0 Å². The summed E-state index contributed by atoms with van der Waals surface area (Å²) in [5.41, 5.74) is 4.81. The van der Waals surface area contributed by atoms with Crippen LogP contribution in [-0.4, -0.2) is 32.6 Å². The van der Waals surface area contributed by atoms with Gasteiger partial charge in [-0.3, -0.25) is 9.36 Å². The average molecular weight is 450 g/mol. The second-order valence-electron chi connectivity index (χ2n) is 7.81. The molecular formula is C24H27N5O2S. The zero-order valence-corrected chi connectivity index (χ0v) is 18.9. The molecule has 1 fully saturated rings. The van der Waals surface area contributed by atoms with E-state index >= 15 is 0 Å². The van der Waals surface area contributed by atoms with Gasteiger partial charge in [-0.1, -0.05) is 60.9 Å². The summed E-state index contributed by atoms with van der Waals surface area (Å²) in [5.74, 6) is 1.64. The molecule has 0 spiro atoms. The Hall–Kier alpha value is -3.13. The molecule has 2 heterocycles. The van der Waals surface area contributed by atoms with Crippen LogP contribution in [0.15, 0.2) is 63.4 Å². The van der Waals surface area contributed by atoms with E-state index in [0.717, 1.165) is 35.1 Å². The molecule has 3 aromatic rings. The fourth-order valence-electron chi connectivity index (χ4n) is 3.78. The number of furan rings is 1. The molecule has 0 aliphatic heterocycles. The molecule has 1 N–H and O–H groups in total. The minimum absolute atomic E-state index is 0.187. The lowest BCUT2D eigenvalue weighted by Gasteiger charge is -2.25. The molecule has 7 nitrogen and oxygen atoms in total. The number of hydrogen-bond acceptors (Lipinski definition) is 6. The zero-order chi connectivity index (χ0) is 22.2. The molecule has 0 unspecified atom stereocenters. The van der Waals surface area contributed by atoms with Crippen LogP contribution in [0.3, 0.4) is 0 Å². The van der Waals surface area contributed by atoms with Crippen molar-refractivity contribution in [2.45, 2.75) is 50.2 Å². The van der Waals surface area contributed by atoms with Gasteiger partial charge in [0.05, 0.1) is 12.0 Å². The molecule has 0 saturated heterocycles. The van der Waals surface area contributed by atoms with Gasteiger partial charge in [0.2, 0.25) is 0 Å². The molecule has 0 bridgehead atoms. The number of thioether (sulfide) groups is 1. The monoisotopic (exact) mass is 449 g/mol. The lowest BCUT2D eigenvalue weighted by Crippen LogP contribution is -2.20. The highest BCUT2D eigenvalue weighted by Gasteiger charge is 2.24. The van der Waals surface area contributed by atoms with Gasteiger partial charge in [-0.25, -0.2) is 5.43 Å². The fourth-order valence-corrected chi connectivity index (χ4v) is 4.58. The first kappa shape index (κ1) is 22.1. The van der Waals surface area contributed by atoms with Gasteiger partial charge in [-0.2, -0.15) is 5.10 Å². The Morgan fingerprint density at radius 3 is 2.78 bits per heavy atom. The number of aryl methyl sites for hydroxylation is 1. The van der Waals surface area contributed by atoms with Crippen molar-refractivity contribution in [2.75, 3.05) is 5.75 Å². The van der Waals surface area contributed by atoms with E-state index in [1.165, 1.54) is 42.8 Å². The van der Waals surface area contributed by atoms with Crippen LogP contribution in [-0.2, 0) is 4.79 Å². The van der Waals surface area contributed by atoms with E-state index in [1.54, 1.807) is 18.4 Å². The third-order valence-electron chi connectivity index (χ3n) is 5.40. The van der Waals surface area contributed by atoms with E-state index in [9.17, 15) is 4.79 Å². The van der Waals surface area contributed by atoms with Gasteiger partial charge in [0.15, 0.2) is 11.0 Å². The number of carbonyl (C=O) groups is 1. The summed E-state index contributed by atoms with van der Waals surface area (Å²) < 4.78 is 7.43. The second-order valence-corrected chi connectivity index (χ2v) is 8.75. The number of carbonyl (C=O) groups excluding carboxylic acids is 1. The van der Waals surface area contributed by atoms with Crippen LogP contribution in [0.2, 0.25) is 0 Å². The second kappa shape index (κ2) is 10.9. The predicted octanol–water partition coefficient (Wildman–Crippen LogP) is 5.26. The Morgan fingerprint density at radius 1 is 1.22 bits per heavy atom. The van der Waals surface area contributed by atoms with Gasteiger partial charge in [0.25, 0.3) is 5.91 Å². The summed E-state index contributed by atoms with van der Waals surface area (Å²) in [6, 6.07) is 12.4. The van der Waals surface area contributed by atoms with E-state index in [4.69, 9.17) is 4.42 Å². The maximum atomic E-state index is 12.3. The Balaban J connectivity index is 1.41. The van der Waals surface area contributed by atoms with E-state index in [0.29, 0.717) is 6.04 Å². The Labute approximate surface area is 192 Å². The molecule has 1 saturated carbocycles. The number of allylic oxidation sites excluding steroid dienone is 1. The third kappa shape index (κ3) is 5.76. The quantitative estimate of drug-likeness (QED) is 0.288. The van der Waals surface area contributed by atoms with Gasteiger partial charge >= 0.3 is 0 Å². The number of benzene rings is 1. The average Bonchev–Trinajstić information content (AvgIpc) is 3.48. The van der Waals surface area contributed by atoms with Crippen molar-refractivity contribution in [3.8, 4) is 11.4 Å². The van der Waals surface area contributed by atoms with Crippen molar-refractivity contribution >= 4 is 30.0 Å². The first-order chi connectivity index (χ1) is 15.7. The molecule has 1 aliphatic rings. The van der Waals surface area contributed by atoms with Gasteiger partial charge < -0.3 is 4.42 Å². The molecular weight excluding hydrogens is 422 g/mol. The van der Waals surface area contributed by atoms with Crippen molar-refractivity contribution in [3.63, 3.8) is 0 Å². The van der Waals surface area contributed by atoms with Crippen LogP contribution in [0, 0.1) is 6.92 Å². The standard InChI is InChI=1S/C24H27N5O2S/c1-18-11-13-19(14-12-18)23-27-28-24(29(23)20-7-3-2-4-8-20)32-17-22(30)26-25-15-5-9-21-10-6-16-31-21/h5-6,9-16,20H,2-4,7-8,17H2,1H3,(H,26,30). The molecule has 0 atom stereocenters. The van der Waals surface area contributed by atoms with Crippen molar-refractivity contribution in [2.24, 2.45) is 5.10 Å². The summed E-state index contributed by atoms with van der Waals surface area (Å²) in [7, 11) is 0. The molecule has 4 rings (SSSR count). The number of nitrogens with zero attached hydrogens (tertiary/aromatic N) is 4. The highest BCUT2D eigenvalue weighted by molar-refractivity contribution is 7.99. The highest BCUT2D eigenvalue weighted by Crippen LogP contribution is 2.35. The van der Waals surface area contributed by atoms with E-state index in [-0.39, 0.29) is 11.7 Å². The Kier molecular flexibility index (Phi) is 7.55. The maximum Gasteiger partial charge on any atom is 0.250 e. The topological polar surface area (TPSA) is 85.3 Å². The number of hydrogen-bond donors (Lipinski definition) is 1. The van der Waals surface area contributed by atoms with Crippen molar-refractivity contribution in [1.82, 2.24) is 20.2 Å². The van der Waals surface area contributed by atoms with E-state index in [1.807, 2.05) is 12.1 Å². The van der Waals surface area contributed by atoms with Crippen LogP contribution >= 0.6 is 11.8 Å². The smallest absolute Gasteiger partial charge is 0.250 e. The van der Waals surface area contributed by atoms with Crippen LogP contribution in [0.25, 0.3) is 17.5 Å². The lowest BCUT2D eigenvalue weighted by atomic mass is 9.95. The molecule has 166 valence electrons. The van der Waals surface area contributed by atoms with Crippen molar-refractivity contribution in [3.05, 3.63) is 60.1 Å². The number of nitrogens with one attached hydrogen (secondary N) is 1. The van der Waals surface area contributed by atoms with Crippen molar-refractivity contribution < 1.29 is 9.21 Å². The van der Waals surface area contributed by atoms with Gasteiger partial charge in [0, 0.05) is 17.8 Å². The largest absolute Gasteiger partial charge is 0.465 e. The van der Waals surface area contributed by atoms with Gasteiger partial charge in [-0.15, -0.1) is 10.2 Å². The summed E-state index contributed by atoms with van der Waals surface area (Å²) in [4.78, 5) is 12.3. The van der Waals surface area contributed by atoms with Crippen molar-refractivity contribution in [1.29, 1.82) is 0 Å². The molecule has 1 aliphatic carbocycles. The first-order valence-electron chi connectivity index (χ1n) is 10.9. The Bertz CT molecular complexity index is 1060. The molecule has 0 radical (unpaired) electrons. The molecule has 8 heteroatoms. The molecule has 1 aromatic carbocycles. The lowest BCUT2D eigenvalue weighted by molar-refractivity contribution is -0.118. The molecule has 1 amide bonds.